The van der Waals surface area contributed by atoms with Gasteiger partial charge in [0.15, 0.2) is 0 Å². The van der Waals surface area contributed by atoms with Gasteiger partial charge in [-0.2, -0.15) is 0 Å². The van der Waals surface area contributed by atoms with Gasteiger partial charge >= 0.3 is 0 Å². The molecule has 0 fully saturated rings. The highest BCUT2D eigenvalue weighted by Crippen LogP contribution is 1.95. The third-order valence-corrected chi connectivity index (χ3v) is 0.500. The van der Waals surface area contributed by atoms with E-state index in [-0.39, 0.29) is 0 Å². The number of carbonyl (C=O) groups is 1. The van der Waals surface area contributed by atoms with Crippen LogP contribution in [0.25, 0.3) is 0 Å². The third kappa shape index (κ3) is 2.17. The second-order valence-corrected chi connectivity index (χ2v) is 1.85. The molecule has 0 aromatic carbocycles. The molecule has 0 atom stereocenters. The Bertz CT molecular complexity index is 79.4. The average Bonchev–Trinajstić information content (AvgIpc) is 1.31. The summed E-state index contributed by atoms with van der Waals surface area (Å²) in [5, 5.41) is 18.1. The van der Waals surface area contributed by atoms with E-state index in [1.54, 1.807) is 0 Å². The Balaban J connectivity index is 3.79. The molecule has 42 valence electrons. The van der Waals surface area contributed by atoms with Crippen molar-refractivity contribution < 1.29 is 15.0 Å². The number of hydrogen-bond donors (Lipinski definition) is 1. The highest BCUT2D eigenvalue weighted by Gasteiger charge is 2.11. The van der Waals surface area contributed by atoms with Crippen LogP contribution in [0, 0.1) is 0 Å². The third-order valence-electron chi connectivity index (χ3n) is 0.500. The Kier molecular flexibility index (Phi) is 1.38. The van der Waals surface area contributed by atoms with E-state index in [2.05, 4.69) is 0 Å². The van der Waals surface area contributed by atoms with Gasteiger partial charge in [-0.3, -0.25) is 0 Å². The summed E-state index contributed by atoms with van der Waals surface area (Å²) in [5.41, 5.74) is -1.69. The fraction of sp³-hybridized carbons (Fsp3) is 0.750. The van der Waals surface area contributed by atoms with Crippen LogP contribution in [0.1, 0.15) is 13.8 Å². The van der Waals surface area contributed by atoms with Crippen molar-refractivity contribution in [3.05, 3.63) is 0 Å². The molecule has 0 radical (unpaired) electrons. The molecule has 0 amide bonds. The molecule has 0 heterocycles. The Morgan fingerprint density at radius 2 is 1.86 bits per heavy atom. The highest BCUT2D eigenvalue weighted by atomic mass is 16.4. The molecule has 0 saturated heterocycles. The molecule has 0 spiro atoms. The van der Waals surface area contributed by atoms with Gasteiger partial charge in [0.25, 0.3) is 0 Å². The van der Waals surface area contributed by atoms with Gasteiger partial charge in [-0.25, -0.2) is 0 Å². The molecular weight excluding hydrogens is 96.0 g/mol. The zero-order valence-corrected chi connectivity index (χ0v) is 4.26. The minimum atomic E-state index is -1.69. The van der Waals surface area contributed by atoms with E-state index in [0.29, 0.717) is 0 Å². The van der Waals surface area contributed by atoms with E-state index in [1.165, 1.54) is 0 Å². The van der Waals surface area contributed by atoms with Crippen LogP contribution in [0.4, 0.5) is 0 Å². The number of aliphatic carboxylic acids is 1. The second kappa shape index (κ2) is 1.50. The fourth-order valence-corrected chi connectivity index (χ4v) is 0. The van der Waals surface area contributed by atoms with Crippen molar-refractivity contribution in [2.75, 3.05) is 0 Å². The molecule has 1 N–H and O–H groups in total. The van der Waals surface area contributed by atoms with Gasteiger partial charge in [0.05, 0.1) is 11.6 Å². The zero-order valence-electron chi connectivity index (χ0n) is 4.26. The Morgan fingerprint density at radius 1 is 1.71 bits per heavy atom. The first-order valence-corrected chi connectivity index (χ1v) is 1.88. The maximum Gasteiger partial charge on any atom is 0.0983 e. The topological polar surface area (TPSA) is 60.4 Å². The van der Waals surface area contributed by atoms with Crippen LogP contribution in [0.15, 0.2) is 0 Å². The monoisotopic (exact) mass is 103 g/mol. The predicted molar refractivity (Wildman–Crippen MR) is 21.3 cm³/mol. The smallest absolute Gasteiger partial charge is 0.0983 e. The van der Waals surface area contributed by atoms with E-state index in [1.807, 2.05) is 0 Å². The molecule has 0 rings (SSSR count). The van der Waals surface area contributed by atoms with Crippen LogP contribution in [0.5, 0.6) is 0 Å². The molecule has 0 aliphatic heterocycles. The summed E-state index contributed by atoms with van der Waals surface area (Å²) in [6.07, 6.45) is 0. The summed E-state index contributed by atoms with van der Waals surface area (Å²) < 4.78 is 0. The highest BCUT2D eigenvalue weighted by molar-refractivity contribution is 5.73. The van der Waals surface area contributed by atoms with Crippen molar-refractivity contribution in [2.24, 2.45) is 0 Å². The normalized spacial score (nSPS) is 11.3. The second-order valence-electron chi connectivity index (χ2n) is 1.85. The van der Waals surface area contributed by atoms with Gasteiger partial charge in [-0.1, -0.05) is 0 Å². The first-order chi connectivity index (χ1) is 2.94. The number of rotatable bonds is 1. The molecule has 0 aromatic heterocycles. The number of carboxylic acid groups (broad SMARTS) is 1. The standard InChI is InChI=1S/C4H8O3/c1-4(2,7)3(5)6/h7H,1-2H3,(H,5,6)/p-1. The number of carboxylic acids is 1. The van der Waals surface area contributed by atoms with Crippen LogP contribution in [-0.4, -0.2) is 16.7 Å². The Morgan fingerprint density at radius 3 is 1.86 bits per heavy atom. The molecule has 0 saturated carbocycles. The predicted octanol–water partition coefficient (Wildman–Crippen LogP) is -1.49. The van der Waals surface area contributed by atoms with E-state index in [9.17, 15) is 9.90 Å². The van der Waals surface area contributed by atoms with E-state index in [0.717, 1.165) is 13.8 Å². The molecule has 0 bridgehead atoms. The van der Waals surface area contributed by atoms with Gasteiger partial charge < -0.3 is 15.0 Å². The van der Waals surface area contributed by atoms with Crippen molar-refractivity contribution in [1.29, 1.82) is 0 Å². The van der Waals surface area contributed by atoms with Crippen LogP contribution >= 0.6 is 0 Å². The van der Waals surface area contributed by atoms with Crippen LogP contribution in [0.3, 0.4) is 0 Å². The van der Waals surface area contributed by atoms with Crippen LogP contribution in [0.2, 0.25) is 0 Å². The van der Waals surface area contributed by atoms with Gasteiger partial charge in [0.2, 0.25) is 0 Å². The van der Waals surface area contributed by atoms with Gasteiger partial charge in [-0.15, -0.1) is 0 Å². The first-order valence-electron chi connectivity index (χ1n) is 1.88. The summed E-state index contributed by atoms with van der Waals surface area (Å²) >= 11 is 0. The lowest BCUT2D eigenvalue weighted by atomic mass is 10.1. The minimum Gasteiger partial charge on any atom is -0.547 e. The quantitative estimate of drug-likeness (QED) is 0.439. The largest absolute Gasteiger partial charge is 0.547 e. The molecule has 0 unspecified atom stereocenters. The Hall–Kier alpha value is -0.570. The van der Waals surface area contributed by atoms with E-state index in [4.69, 9.17) is 5.11 Å². The maximum atomic E-state index is 9.66. The number of hydrogen-bond acceptors (Lipinski definition) is 3. The number of carbonyl (C=O) groups excluding carboxylic acids is 1. The SMILES string of the molecule is CC(C)(O)C(=O)[O-]. The van der Waals surface area contributed by atoms with Gasteiger partial charge in [0, 0.05) is 0 Å². The fourth-order valence-electron chi connectivity index (χ4n) is 0. The number of aliphatic hydroxyl groups is 1. The van der Waals surface area contributed by atoms with Gasteiger partial charge in [0.1, 0.15) is 0 Å². The molecule has 7 heavy (non-hydrogen) atoms. The van der Waals surface area contributed by atoms with Crippen molar-refractivity contribution in [1.82, 2.24) is 0 Å². The lowest BCUT2D eigenvalue weighted by Gasteiger charge is -2.16. The first kappa shape index (κ1) is 6.43. The minimum absolute atomic E-state index is 1.16. The van der Waals surface area contributed by atoms with E-state index < -0.39 is 11.6 Å². The molecule has 0 aliphatic carbocycles. The zero-order chi connectivity index (χ0) is 6.08. The molecule has 0 aliphatic rings. The molecule has 3 heteroatoms. The summed E-state index contributed by atoms with van der Waals surface area (Å²) in [6.45, 7) is 2.31. The summed E-state index contributed by atoms with van der Waals surface area (Å²) in [6, 6.07) is 0. The van der Waals surface area contributed by atoms with Crippen LogP contribution < -0.4 is 5.11 Å². The van der Waals surface area contributed by atoms with Crippen molar-refractivity contribution in [3.63, 3.8) is 0 Å². The van der Waals surface area contributed by atoms with Crippen molar-refractivity contribution in [2.45, 2.75) is 19.4 Å². The van der Waals surface area contributed by atoms with Crippen LogP contribution in [-0.2, 0) is 4.79 Å². The summed E-state index contributed by atoms with van der Waals surface area (Å²) in [5.74, 6) is -1.45. The maximum absolute atomic E-state index is 9.66. The molecule has 3 nitrogen and oxygen atoms in total. The van der Waals surface area contributed by atoms with Gasteiger partial charge in [-0.05, 0) is 13.8 Å². The molecule has 0 aromatic rings. The van der Waals surface area contributed by atoms with Crippen molar-refractivity contribution in [3.8, 4) is 0 Å². The Labute approximate surface area is 41.6 Å². The summed E-state index contributed by atoms with van der Waals surface area (Å²) in [7, 11) is 0. The lowest BCUT2D eigenvalue weighted by Crippen LogP contribution is -2.43. The molecular formula is C4H7O3-. The lowest BCUT2D eigenvalue weighted by molar-refractivity contribution is -0.322. The average molecular weight is 103 g/mol. The van der Waals surface area contributed by atoms with Crippen molar-refractivity contribution >= 4 is 5.97 Å². The summed E-state index contributed by atoms with van der Waals surface area (Å²) in [4.78, 5) is 9.66. The van der Waals surface area contributed by atoms with E-state index >= 15 is 0 Å².